The van der Waals surface area contributed by atoms with E-state index in [4.69, 9.17) is 11.6 Å². The van der Waals surface area contributed by atoms with Crippen LogP contribution < -0.4 is 0 Å². The van der Waals surface area contributed by atoms with Crippen molar-refractivity contribution in [3.05, 3.63) is 65.2 Å². The van der Waals surface area contributed by atoms with E-state index in [1.807, 2.05) is 6.07 Å². The van der Waals surface area contributed by atoms with Crippen LogP contribution in [0.2, 0.25) is 5.02 Å². The molecule has 0 unspecified atom stereocenters. The molecule has 0 spiro atoms. The molecule has 0 bridgehead atoms. The first-order valence-corrected chi connectivity index (χ1v) is 11.4. The van der Waals surface area contributed by atoms with Gasteiger partial charge in [-0.2, -0.15) is 4.31 Å². The summed E-state index contributed by atoms with van der Waals surface area (Å²) in [6.07, 6.45) is 3.71. The summed E-state index contributed by atoms with van der Waals surface area (Å²) >= 11 is 5.93. The van der Waals surface area contributed by atoms with Crippen molar-refractivity contribution in [2.45, 2.75) is 49.2 Å². The molecule has 27 heavy (non-hydrogen) atoms. The van der Waals surface area contributed by atoms with E-state index < -0.39 is 10.0 Å². The zero-order valence-electron chi connectivity index (χ0n) is 15.3. The van der Waals surface area contributed by atoms with Gasteiger partial charge in [0.2, 0.25) is 10.0 Å². The van der Waals surface area contributed by atoms with Crippen molar-refractivity contribution >= 4 is 21.6 Å². The van der Waals surface area contributed by atoms with Gasteiger partial charge in [0.1, 0.15) is 0 Å². The lowest BCUT2D eigenvalue weighted by molar-refractivity contribution is 0.150. The molecule has 2 aromatic rings. The third-order valence-corrected chi connectivity index (χ3v) is 7.73. The predicted octanol–water partition coefficient (Wildman–Crippen LogP) is 4.16. The first-order valence-electron chi connectivity index (χ1n) is 9.59. The Bertz CT molecular complexity index is 859. The highest BCUT2D eigenvalue weighted by Crippen LogP contribution is 2.37. The number of hydrogen-bond donors (Lipinski definition) is 0. The quantitative estimate of drug-likeness (QED) is 0.725. The fourth-order valence-corrected chi connectivity index (χ4v) is 5.98. The fraction of sp³-hybridized carbons (Fsp3) is 0.429. The number of rotatable bonds is 6. The Morgan fingerprint density at radius 2 is 1.48 bits per heavy atom. The van der Waals surface area contributed by atoms with Gasteiger partial charge in [0.05, 0.1) is 4.90 Å². The van der Waals surface area contributed by atoms with Gasteiger partial charge in [0.25, 0.3) is 0 Å². The van der Waals surface area contributed by atoms with Gasteiger partial charge in [-0.3, -0.25) is 4.90 Å². The Hall–Kier alpha value is -1.40. The normalized spacial score (nSPS) is 19.5. The van der Waals surface area contributed by atoms with E-state index in [0.29, 0.717) is 9.92 Å². The van der Waals surface area contributed by atoms with Crippen LogP contribution in [0.1, 0.15) is 31.2 Å². The standard InChI is InChI=1S/C21H25ClN2O2S/c22-18-6-10-21(11-7-18)27(25,26)24(19-8-9-19)20-12-14-23(15-13-20)16-17-4-2-1-3-5-17/h1-7,10-11,19-20H,8-9,12-16H2. The first-order chi connectivity index (χ1) is 13.0. The van der Waals surface area contributed by atoms with E-state index in [1.165, 1.54) is 5.56 Å². The molecule has 6 heteroatoms. The second kappa shape index (κ2) is 7.92. The second-order valence-electron chi connectivity index (χ2n) is 7.51. The number of sulfonamides is 1. The maximum Gasteiger partial charge on any atom is 0.243 e. The maximum absolute atomic E-state index is 13.3. The molecule has 1 aliphatic heterocycles. The van der Waals surface area contributed by atoms with Crippen LogP contribution in [-0.2, 0) is 16.6 Å². The Labute approximate surface area is 166 Å². The first kappa shape index (κ1) is 18.9. The van der Waals surface area contributed by atoms with Crippen LogP contribution >= 0.6 is 11.6 Å². The number of piperidine rings is 1. The van der Waals surface area contributed by atoms with Gasteiger partial charge < -0.3 is 0 Å². The number of halogens is 1. The van der Waals surface area contributed by atoms with Crippen molar-refractivity contribution in [3.8, 4) is 0 Å². The van der Waals surface area contributed by atoms with E-state index in [2.05, 4.69) is 29.2 Å². The number of nitrogens with zero attached hydrogens (tertiary/aromatic N) is 2. The Morgan fingerprint density at radius 3 is 2.07 bits per heavy atom. The van der Waals surface area contributed by atoms with Gasteiger partial charge in [-0.25, -0.2) is 8.42 Å². The van der Waals surface area contributed by atoms with Gasteiger partial charge in [-0.1, -0.05) is 41.9 Å². The van der Waals surface area contributed by atoms with Crippen LogP contribution in [0.5, 0.6) is 0 Å². The van der Waals surface area contributed by atoms with E-state index >= 15 is 0 Å². The highest BCUT2D eigenvalue weighted by atomic mass is 35.5. The third-order valence-electron chi connectivity index (χ3n) is 5.46. The summed E-state index contributed by atoms with van der Waals surface area (Å²) in [5, 5.41) is 0.557. The SMILES string of the molecule is O=S(=O)(c1ccc(Cl)cc1)N(C1CC1)C1CCN(Cc2ccccc2)CC1. The number of benzene rings is 2. The van der Waals surface area contributed by atoms with Crippen LogP contribution in [0.4, 0.5) is 0 Å². The van der Waals surface area contributed by atoms with Crippen LogP contribution in [0.25, 0.3) is 0 Å². The molecule has 2 fully saturated rings. The average molecular weight is 405 g/mol. The molecule has 2 aliphatic rings. The van der Waals surface area contributed by atoms with Gasteiger partial charge in [-0.15, -0.1) is 0 Å². The van der Waals surface area contributed by atoms with E-state index in [1.54, 1.807) is 28.6 Å². The molecule has 1 saturated heterocycles. The Morgan fingerprint density at radius 1 is 0.889 bits per heavy atom. The van der Waals surface area contributed by atoms with Crippen molar-refractivity contribution in [3.63, 3.8) is 0 Å². The molecular formula is C21H25ClN2O2S. The minimum absolute atomic E-state index is 0.0881. The molecule has 0 aromatic heterocycles. The smallest absolute Gasteiger partial charge is 0.243 e. The molecule has 1 heterocycles. The van der Waals surface area contributed by atoms with Gasteiger partial charge in [-0.05, 0) is 55.5 Å². The molecule has 144 valence electrons. The van der Waals surface area contributed by atoms with Crippen LogP contribution in [0, 0.1) is 0 Å². The summed E-state index contributed by atoms with van der Waals surface area (Å²) in [5.74, 6) is 0. The highest BCUT2D eigenvalue weighted by molar-refractivity contribution is 7.89. The molecule has 0 radical (unpaired) electrons. The number of likely N-dealkylation sites (tertiary alicyclic amines) is 1. The highest BCUT2D eigenvalue weighted by Gasteiger charge is 2.43. The van der Waals surface area contributed by atoms with Gasteiger partial charge >= 0.3 is 0 Å². The fourth-order valence-electron chi connectivity index (χ4n) is 3.92. The maximum atomic E-state index is 13.3. The lowest BCUT2D eigenvalue weighted by Crippen LogP contribution is -2.48. The Kier molecular flexibility index (Phi) is 5.55. The zero-order valence-corrected chi connectivity index (χ0v) is 16.9. The van der Waals surface area contributed by atoms with Crippen molar-refractivity contribution in [2.75, 3.05) is 13.1 Å². The minimum Gasteiger partial charge on any atom is -0.299 e. The molecular weight excluding hydrogens is 380 g/mol. The van der Waals surface area contributed by atoms with E-state index in [9.17, 15) is 8.42 Å². The van der Waals surface area contributed by atoms with Crippen molar-refractivity contribution in [1.29, 1.82) is 0 Å². The van der Waals surface area contributed by atoms with Crippen LogP contribution in [0.15, 0.2) is 59.5 Å². The summed E-state index contributed by atoms with van der Waals surface area (Å²) in [7, 11) is -3.47. The third kappa shape index (κ3) is 4.37. The lowest BCUT2D eigenvalue weighted by atomic mass is 10.0. The van der Waals surface area contributed by atoms with Crippen molar-refractivity contribution < 1.29 is 8.42 Å². The van der Waals surface area contributed by atoms with Crippen molar-refractivity contribution in [1.82, 2.24) is 9.21 Å². The Balaban J connectivity index is 1.45. The number of hydrogen-bond acceptors (Lipinski definition) is 3. The van der Waals surface area contributed by atoms with Gasteiger partial charge in [0.15, 0.2) is 0 Å². The molecule has 1 saturated carbocycles. The molecule has 0 amide bonds. The summed E-state index contributed by atoms with van der Waals surface area (Å²) in [6.45, 7) is 2.79. The lowest BCUT2D eigenvalue weighted by Gasteiger charge is -2.38. The van der Waals surface area contributed by atoms with Gasteiger partial charge in [0, 0.05) is 36.7 Å². The predicted molar refractivity (Wildman–Crippen MR) is 108 cm³/mol. The molecule has 0 N–H and O–H groups in total. The molecule has 0 atom stereocenters. The average Bonchev–Trinajstić information content (AvgIpc) is 3.49. The summed E-state index contributed by atoms with van der Waals surface area (Å²) in [4.78, 5) is 2.77. The molecule has 1 aliphatic carbocycles. The topological polar surface area (TPSA) is 40.6 Å². The zero-order chi connectivity index (χ0) is 18.9. The van der Waals surface area contributed by atoms with Crippen molar-refractivity contribution in [2.24, 2.45) is 0 Å². The van der Waals surface area contributed by atoms with E-state index in [0.717, 1.165) is 45.3 Å². The summed E-state index contributed by atoms with van der Waals surface area (Å²) < 4.78 is 28.3. The summed E-state index contributed by atoms with van der Waals surface area (Å²) in [6, 6.07) is 17.3. The van der Waals surface area contributed by atoms with E-state index in [-0.39, 0.29) is 12.1 Å². The second-order valence-corrected chi connectivity index (χ2v) is 9.79. The van der Waals surface area contributed by atoms with Crippen LogP contribution in [0.3, 0.4) is 0 Å². The van der Waals surface area contributed by atoms with Crippen LogP contribution in [-0.4, -0.2) is 42.8 Å². The minimum atomic E-state index is -3.47. The molecule has 4 rings (SSSR count). The molecule has 4 nitrogen and oxygen atoms in total. The molecule has 2 aromatic carbocycles. The summed E-state index contributed by atoms with van der Waals surface area (Å²) in [5.41, 5.74) is 1.31. The largest absolute Gasteiger partial charge is 0.299 e. The monoisotopic (exact) mass is 404 g/mol.